The third-order valence-corrected chi connectivity index (χ3v) is 8.69. The van der Waals surface area contributed by atoms with E-state index < -0.39 is 30.0 Å². The SMILES string of the molecule is NC(=O)C(Cc1ccc(OCc2c(Cl)cccc2Cl)cc1)NC(=O)C1CSCN1C(=O)OCCN1CCCCC1. The molecule has 2 heterocycles. The standard InChI is InChI=1S/C28H34Cl2N4O5S/c29-22-5-4-6-23(30)21(22)16-39-20-9-7-19(8-10-20)15-24(26(31)35)32-27(36)25-17-40-18-34(25)28(37)38-14-13-33-11-2-1-3-12-33/h4-10,24-25H,1-3,11-18H2,(H2,31,35)(H,32,36). The molecule has 2 fully saturated rings. The zero-order valence-corrected chi connectivity index (χ0v) is 24.5. The predicted molar refractivity (Wildman–Crippen MR) is 157 cm³/mol. The van der Waals surface area contributed by atoms with Gasteiger partial charge in [-0.3, -0.25) is 19.4 Å². The van der Waals surface area contributed by atoms with E-state index in [1.54, 1.807) is 42.5 Å². The number of likely N-dealkylation sites (tertiary alicyclic amines) is 1. The first-order valence-corrected chi connectivity index (χ1v) is 15.2. The highest BCUT2D eigenvalue weighted by atomic mass is 35.5. The van der Waals surface area contributed by atoms with Gasteiger partial charge in [-0.2, -0.15) is 0 Å². The number of nitrogens with zero attached hydrogens (tertiary/aromatic N) is 2. The van der Waals surface area contributed by atoms with Gasteiger partial charge in [0.05, 0.1) is 5.88 Å². The molecular formula is C28H34Cl2N4O5S. The number of piperidine rings is 1. The Hall–Kier alpha value is -2.66. The Morgan fingerprint density at radius 3 is 2.42 bits per heavy atom. The fourth-order valence-corrected chi connectivity index (χ4v) is 6.29. The number of carbonyl (C=O) groups is 3. The molecule has 40 heavy (non-hydrogen) atoms. The average molecular weight is 610 g/mol. The summed E-state index contributed by atoms with van der Waals surface area (Å²) in [5.41, 5.74) is 7.09. The summed E-state index contributed by atoms with van der Waals surface area (Å²) in [6, 6.07) is 10.7. The van der Waals surface area contributed by atoms with Crippen LogP contribution >= 0.6 is 35.0 Å². The predicted octanol–water partition coefficient (Wildman–Crippen LogP) is 4.08. The summed E-state index contributed by atoms with van der Waals surface area (Å²) in [4.78, 5) is 41.7. The molecule has 2 atom stereocenters. The molecule has 12 heteroatoms. The van der Waals surface area contributed by atoms with Gasteiger partial charge in [0.15, 0.2) is 0 Å². The highest BCUT2D eigenvalue weighted by Crippen LogP contribution is 2.26. The van der Waals surface area contributed by atoms with Crippen LogP contribution < -0.4 is 15.8 Å². The van der Waals surface area contributed by atoms with E-state index in [-0.39, 0.29) is 19.6 Å². The minimum atomic E-state index is -0.941. The maximum atomic E-state index is 13.1. The maximum absolute atomic E-state index is 13.1. The minimum Gasteiger partial charge on any atom is -0.489 e. The molecule has 2 saturated heterocycles. The van der Waals surface area contributed by atoms with Crippen LogP contribution in [0, 0.1) is 0 Å². The van der Waals surface area contributed by atoms with E-state index >= 15 is 0 Å². The molecule has 0 radical (unpaired) electrons. The van der Waals surface area contributed by atoms with Crippen LogP contribution in [0.4, 0.5) is 4.79 Å². The van der Waals surface area contributed by atoms with Gasteiger partial charge >= 0.3 is 6.09 Å². The first-order chi connectivity index (χ1) is 19.3. The van der Waals surface area contributed by atoms with E-state index in [0.717, 1.165) is 31.5 Å². The molecule has 3 N–H and O–H groups in total. The number of nitrogens with two attached hydrogens (primary N) is 1. The largest absolute Gasteiger partial charge is 0.489 e. The zero-order valence-electron chi connectivity index (χ0n) is 22.2. The Labute approximate surface area is 248 Å². The molecular weight excluding hydrogens is 575 g/mol. The van der Waals surface area contributed by atoms with Crippen LogP contribution in [-0.2, 0) is 27.4 Å². The summed E-state index contributed by atoms with van der Waals surface area (Å²) in [5.74, 6) is 0.265. The van der Waals surface area contributed by atoms with E-state index in [4.69, 9.17) is 38.4 Å². The molecule has 0 saturated carbocycles. The van der Waals surface area contributed by atoms with Gasteiger partial charge < -0.3 is 20.5 Å². The van der Waals surface area contributed by atoms with E-state index in [0.29, 0.717) is 39.5 Å². The summed E-state index contributed by atoms with van der Waals surface area (Å²) in [6.45, 7) is 3.20. The number of carbonyl (C=O) groups excluding carboxylic acids is 3. The monoisotopic (exact) mass is 608 g/mol. The van der Waals surface area contributed by atoms with Crippen molar-refractivity contribution in [2.75, 3.05) is 37.9 Å². The molecule has 4 rings (SSSR count). The summed E-state index contributed by atoms with van der Waals surface area (Å²) in [7, 11) is 0. The van der Waals surface area contributed by atoms with Crippen molar-refractivity contribution in [1.82, 2.24) is 15.1 Å². The van der Waals surface area contributed by atoms with Crippen LogP contribution in [-0.4, -0.2) is 77.7 Å². The van der Waals surface area contributed by atoms with Gasteiger partial charge in [-0.1, -0.05) is 47.8 Å². The third kappa shape index (κ3) is 8.42. The van der Waals surface area contributed by atoms with Gasteiger partial charge in [0.25, 0.3) is 0 Å². The Balaban J connectivity index is 1.27. The Morgan fingerprint density at radius 2 is 1.75 bits per heavy atom. The highest BCUT2D eigenvalue weighted by Gasteiger charge is 2.37. The van der Waals surface area contributed by atoms with Crippen LogP contribution in [0.1, 0.15) is 30.4 Å². The van der Waals surface area contributed by atoms with Crippen molar-refractivity contribution in [3.05, 3.63) is 63.6 Å². The van der Waals surface area contributed by atoms with E-state index in [9.17, 15) is 14.4 Å². The second-order valence-corrected chi connectivity index (χ2v) is 11.6. The van der Waals surface area contributed by atoms with Gasteiger partial charge in [-0.25, -0.2) is 4.79 Å². The number of nitrogens with one attached hydrogen (secondary N) is 1. The van der Waals surface area contributed by atoms with Crippen molar-refractivity contribution >= 4 is 52.9 Å². The van der Waals surface area contributed by atoms with Crippen molar-refractivity contribution in [3.63, 3.8) is 0 Å². The number of halogens is 2. The molecule has 2 aliphatic rings. The van der Waals surface area contributed by atoms with Crippen molar-refractivity contribution in [2.24, 2.45) is 5.73 Å². The zero-order chi connectivity index (χ0) is 28.5. The number of benzene rings is 2. The number of hydrogen-bond donors (Lipinski definition) is 2. The minimum absolute atomic E-state index is 0.192. The lowest BCUT2D eigenvalue weighted by Gasteiger charge is -2.27. The smallest absolute Gasteiger partial charge is 0.411 e. The van der Waals surface area contributed by atoms with Crippen molar-refractivity contribution in [3.8, 4) is 5.75 Å². The van der Waals surface area contributed by atoms with Crippen LogP contribution in [0.25, 0.3) is 0 Å². The lowest BCUT2D eigenvalue weighted by Crippen LogP contribution is -2.54. The second kappa shape index (κ2) is 14.8. The van der Waals surface area contributed by atoms with Crippen LogP contribution in [0.2, 0.25) is 10.0 Å². The van der Waals surface area contributed by atoms with Crippen molar-refractivity contribution < 1.29 is 23.9 Å². The molecule has 0 bridgehead atoms. The topological polar surface area (TPSA) is 114 Å². The number of hydrogen-bond acceptors (Lipinski definition) is 7. The number of primary amides is 1. The molecule has 3 amide bonds. The van der Waals surface area contributed by atoms with E-state index in [1.807, 2.05) is 0 Å². The van der Waals surface area contributed by atoms with Crippen LogP contribution in [0.15, 0.2) is 42.5 Å². The van der Waals surface area contributed by atoms with Gasteiger partial charge in [0.1, 0.15) is 31.0 Å². The second-order valence-electron chi connectivity index (χ2n) is 9.80. The Kier molecular flexibility index (Phi) is 11.2. The summed E-state index contributed by atoms with van der Waals surface area (Å²) in [6.07, 6.45) is 3.24. The molecule has 2 aromatic rings. The first kappa shape index (κ1) is 30.3. The summed E-state index contributed by atoms with van der Waals surface area (Å²) < 4.78 is 11.3. The average Bonchev–Trinajstić information content (AvgIpc) is 3.44. The molecule has 2 unspecified atom stereocenters. The lowest BCUT2D eigenvalue weighted by molar-refractivity contribution is -0.129. The molecule has 9 nitrogen and oxygen atoms in total. The fraction of sp³-hybridized carbons (Fsp3) is 0.464. The normalized spacial score (nSPS) is 18.2. The lowest BCUT2D eigenvalue weighted by atomic mass is 10.0. The number of ether oxygens (including phenoxy) is 2. The summed E-state index contributed by atoms with van der Waals surface area (Å²) in [5, 5.41) is 3.77. The molecule has 0 aliphatic carbocycles. The Bertz CT molecular complexity index is 1160. The van der Waals surface area contributed by atoms with Gasteiger partial charge in [-0.15, -0.1) is 11.8 Å². The van der Waals surface area contributed by atoms with Crippen LogP contribution in [0.3, 0.4) is 0 Å². The first-order valence-electron chi connectivity index (χ1n) is 13.3. The summed E-state index contributed by atoms with van der Waals surface area (Å²) >= 11 is 13.9. The van der Waals surface area contributed by atoms with Gasteiger partial charge in [-0.05, 0) is 55.8 Å². The molecule has 2 aliphatic heterocycles. The molecule has 2 aromatic carbocycles. The quantitative estimate of drug-likeness (QED) is 0.395. The molecule has 216 valence electrons. The maximum Gasteiger partial charge on any atom is 0.411 e. The third-order valence-electron chi connectivity index (χ3n) is 6.97. The van der Waals surface area contributed by atoms with Crippen molar-refractivity contribution in [1.29, 1.82) is 0 Å². The number of thioether (sulfide) groups is 1. The highest BCUT2D eigenvalue weighted by molar-refractivity contribution is 7.99. The van der Waals surface area contributed by atoms with Gasteiger partial charge in [0, 0.05) is 34.3 Å². The van der Waals surface area contributed by atoms with E-state index in [2.05, 4.69) is 10.2 Å². The fourth-order valence-electron chi connectivity index (χ4n) is 4.64. The molecule has 0 spiro atoms. The molecule has 0 aromatic heterocycles. The number of rotatable bonds is 11. The Morgan fingerprint density at radius 1 is 1.05 bits per heavy atom. The van der Waals surface area contributed by atoms with E-state index in [1.165, 1.54) is 23.1 Å². The van der Waals surface area contributed by atoms with Crippen molar-refractivity contribution in [2.45, 2.75) is 44.4 Å². The van der Waals surface area contributed by atoms with Gasteiger partial charge in [0.2, 0.25) is 11.8 Å². The number of amides is 3. The van der Waals surface area contributed by atoms with Crippen LogP contribution in [0.5, 0.6) is 5.75 Å².